The van der Waals surface area contributed by atoms with Gasteiger partial charge in [0, 0.05) is 24.8 Å². The molecule has 0 atom stereocenters. The first kappa shape index (κ1) is 17.0. The van der Waals surface area contributed by atoms with Gasteiger partial charge in [0.2, 0.25) is 0 Å². The number of benzene rings is 1. The molecule has 1 aromatic rings. The molecule has 1 saturated heterocycles. The van der Waals surface area contributed by atoms with E-state index in [0.717, 1.165) is 37.2 Å². The van der Waals surface area contributed by atoms with E-state index in [2.05, 4.69) is 10.2 Å². The van der Waals surface area contributed by atoms with E-state index in [1.54, 1.807) is 6.08 Å². The number of rotatable bonds is 4. The van der Waals surface area contributed by atoms with Crippen LogP contribution in [-0.4, -0.2) is 36.2 Å². The van der Waals surface area contributed by atoms with Crippen molar-refractivity contribution in [1.82, 2.24) is 5.32 Å². The summed E-state index contributed by atoms with van der Waals surface area (Å²) in [6.07, 6.45) is 2.98. The van der Waals surface area contributed by atoms with Gasteiger partial charge in [-0.1, -0.05) is 12.1 Å². The van der Waals surface area contributed by atoms with Crippen molar-refractivity contribution in [2.45, 2.75) is 38.8 Å². The average molecular weight is 313 g/mol. The number of nitrogens with one attached hydrogen (secondary N) is 1. The summed E-state index contributed by atoms with van der Waals surface area (Å²) < 4.78 is 0. The van der Waals surface area contributed by atoms with Crippen LogP contribution >= 0.6 is 0 Å². The van der Waals surface area contributed by atoms with Crippen LogP contribution in [0.2, 0.25) is 0 Å². The second-order valence-corrected chi connectivity index (χ2v) is 6.11. The normalized spacial score (nSPS) is 16.3. The number of hydrogen-bond acceptors (Lipinski definition) is 4. The summed E-state index contributed by atoms with van der Waals surface area (Å²) in [6, 6.07) is 9.72. The smallest absolute Gasteiger partial charge is 0.262 e. The van der Waals surface area contributed by atoms with Crippen LogP contribution in [0, 0.1) is 11.3 Å². The molecule has 1 heterocycles. The lowest BCUT2D eigenvalue weighted by Crippen LogP contribution is -2.35. The van der Waals surface area contributed by atoms with Gasteiger partial charge in [-0.3, -0.25) is 4.79 Å². The van der Waals surface area contributed by atoms with Gasteiger partial charge in [0.1, 0.15) is 11.6 Å². The lowest BCUT2D eigenvalue weighted by atomic mass is 10.1. The molecule has 0 unspecified atom stereocenters. The Morgan fingerprint density at radius 1 is 1.35 bits per heavy atom. The van der Waals surface area contributed by atoms with Gasteiger partial charge in [-0.25, -0.2) is 0 Å². The molecular weight excluding hydrogens is 290 g/mol. The number of nitriles is 1. The molecule has 122 valence electrons. The zero-order valence-electron chi connectivity index (χ0n) is 13.6. The van der Waals surface area contributed by atoms with E-state index in [-0.39, 0.29) is 23.6 Å². The van der Waals surface area contributed by atoms with E-state index >= 15 is 0 Å². The van der Waals surface area contributed by atoms with Crippen molar-refractivity contribution in [3.05, 3.63) is 35.4 Å². The van der Waals surface area contributed by atoms with Gasteiger partial charge in [0.05, 0.1) is 6.10 Å². The van der Waals surface area contributed by atoms with E-state index in [0.29, 0.717) is 0 Å². The maximum atomic E-state index is 11.9. The molecule has 1 aliphatic heterocycles. The number of aliphatic hydroxyl groups is 1. The summed E-state index contributed by atoms with van der Waals surface area (Å²) >= 11 is 0. The first-order valence-electron chi connectivity index (χ1n) is 7.95. The molecule has 5 heteroatoms. The predicted molar refractivity (Wildman–Crippen MR) is 90.8 cm³/mol. The first-order chi connectivity index (χ1) is 11.0. The minimum Gasteiger partial charge on any atom is -0.393 e. The van der Waals surface area contributed by atoms with Crippen LogP contribution in [0.5, 0.6) is 0 Å². The molecule has 1 aliphatic rings. The van der Waals surface area contributed by atoms with Crippen molar-refractivity contribution in [3.8, 4) is 6.07 Å². The first-order valence-corrected chi connectivity index (χ1v) is 7.95. The number of piperidine rings is 1. The Balaban J connectivity index is 2.08. The van der Waals surface area contributed by atoms with Gasteiger partial charge in [-0.2, -0.15) is 5.26 Å². The zero-order chi connectivity index (χ0) is 16.8. The van der Waals surface area contributed by atoms with E-state index in [4.69, 9.17) is 5.26 Å². The monoisotopic (exact) mass is 313 g/mol. The molecule has 1 aromatic carbocycles. The molecule has 0 bridgehead atoms. The Bertz CT molecular complexity index is 606. The van der Waals surface area contributed by atoms with Crippen LogP contribution in [0.15, 0.2) is 29.8 Å². The van der Waals surface area contributed by atoms with Gasteiger partial charge >= 0.3 is 0 Å². The molecule has 0 radical (unpaired) electrons. The largest absolute Gasteiger partial charge is 0.393 e. The standard InChI is InChI=1S/C18H23N3O2/c1-13(2)20-18(23)15(12-19)11-14-3-5-16(6-4-14)21-9-7-17(22)8-10-21/h3-6,11,13,17,22H,7-10H2,1-2H3,(H,20,23)/b15-11-. The van der Waals surface area contributed by atoms with E-state index in [1.807, 2.05) is 44.2 Å². The molecule has 0 spiro atoms. The third-order valence-electron chi connectivity index (χ3n) is 3.82. The molecule has 2 rings (SSSR count). The minimum absolute atomic E-state index is 0.00363. The van der Waals surface area contributed by atoms with Crippen LogP contribution in [0.1, 0.15) is 32.3 Å². The summed E-state index contributed by atoms with van der Waals surface area (Å²) in [5, 5.41) is 21.4. The van der Waals surface area contributed by atoms with Gasteiger partial charge in [-0.15, -0.1) is 0 Å². The molecule has 2 N–H and O–H groups in total. The quantitative estimate of drug-likeness (QED) is 0.659. The van der Waals surface area contributed by atoms with Crippen molar-refractivity contribution in [2.75, 3.05) is 18.0 Å². The highest BCUT2D eigenvalue weighted by atomic mass is 16.3. The molecule has 5 nitrogen and oxygen atoms in total. The zero-order valence-corrected chi connectivity index (χ0v) is 13.6. The Morgan fingerprint density at radius 3 is 2.48 bits per heavy atom. The fourth-order valence-electron chi connectivity index (χ4n) is 2.56. The van der Waals surface area contributed by atoms with Crippen LogP contribution in [0.4, 0.5) is 5.69 Å². The second kappa shape index (κ2) is 7.80. The van der Waals surface area contributed by atoms with Gasteiger partial charge < -0.3 is 15.3 Å². The Morgan fingerprint density at radius 2 is 1.96 bits per heavy atom. The number of amides is 1. The van der Waals surface area contributed by atoms with Gasteiger partial charge in [0.15, 0.2) is 0 Å². The molecule has 0 aliphatic carbocycles. The van der Waals surface area contributed by atoms with Gasteiger partial charge in [-0.05, 0) is 50.5 Å². The fraction of sp³-hybridized carbons (Fsp3) is 0.444. The van der Waals surface area contributed by atoms with Crippen LogP contribution in [0.25, 0.3) is 6.08 Å². The topological polar surface area (TPSA) is 76.4 Å². The molecular formula is C18H23N3O2. The maximum absolute atomic E-state index is 11.9. The summed E-state index contributed by atoms with van der Waals surface area (Å²) in [5.74, 6) is -0.350. The van der Waals surface area contributed by atoms with Crippen molar-refractivity contribution in [3.63, 3.8) is 0 Å². The third-order valence-corrected chi connectivity index (χ3v) is 3.82. The number of aliphatic hydroxyl groups excluding tert-OH is 1. The fourth-order valence-corrected chi connectivity index (χ4v) is 2.56. The van der Waals surface area contributed by atoms with Crippen LogP contribution in [-0.2, 0) is 4.79 Å². The Hall–Kier alpha value is -2.32. The summed E-state index contributed by atoms with van der Waals surface area (Å²) in [4.78, 5) is 14.1. The summed E-state index contributed by atoms with van der Waals surface area (Å²) in [7, 11) is 0. The summed E-state index contributed by atoms with van der Waals surface area (Å²) in [5.41, 5.74) is 2.02. The highest BCUT2D eigenvalue weighted by Crippen LogP contribution is 2.21. The molecule has 0 aromatic heterocycles. The number of carbonyl (C=O) groups excluding carboxylic acids is 1. The molecule has 0 saturated carbocycles. The second-order valence-electron chi connectivity index (χ2n) is 6.11. The van der Waals surface area contributed by atoms with Crippen LogP contribution < -0.4 is 10.2 Å². The highest BCUT2D eigenvalue weighted by Gasteiger charge is 2.17. The van der Waals surface area contributed by atoms with E-state index in [1.165, 1.54) is 0 Å². The average Bonchev–Trinajstić information content (AvgIpc) is 2.53. The molecule has 1 fully saturated rings. The third kappa shape index (κ3) is 4.83. The van der Waals surface area contributed by atoms with Crippen molar-refractivity contribution < 1.29 is 9.90 Å². The predicted octanol–water partition coefficient (Wildman–Crippen LogP) is 2.08. The Labute approximate surface area is 137 Å². The molecule has 1 amide bonds. The number of hydrogen-bond donors (Lipinski definition) is 2. The van der Waals surface area contributed by atoms with Gasteiger partial charge in [0.25, 0.3) is 5.91 Å². The number of carbonyl (C=O) groups is 1. The minimum atomic E-state index is -0.350. The summed E-state index contributed by atoms with van der Waals surface area (Å²) in [6.45, 7) is 5.40. The lowest BCUT2D eigenvalue weighted by Gasteiger charge is -2.31. The Kier molecular flexibility index (Phi) is 5.78. The van der Waals surface area contributed by atoms with Crippen molar-refractivity contribution >= 4 is 17.7 Å². The molecule has 23 heavy (non-hydrogen) atoms. The van der Waals surface area contributed by atoms with Crippen LogP contribution in [0.3, 0.4) is 0 Å². The number of anilines is 1. The highest BCUT2D eigenvalue weighted by molar-refractivity contribution is 6.01. The van der Waals surface area contributed by atoms with Crippen molar-refractivity contribution in [1.29, 1.82) is 5.26 Å². The van der Waals surface area contributed by atoms with Crippen molar-refractivity contribution in [2.24, 2.45) is 0 Å². The lowest BCUT2D eigenvalue weighted by molar-refractivity contribution is -0.117. The maximum Gasteiger partial charge on any atom is 0.262 e. The van der Waals surface area contributed by atoms with E-state index < -0.39 is 0 Å². The SMILES string of the molecule is CC(C)NC(=O)/C(C#N)=C\c1ccc(N2CCC(O)CC2)cc1. The number of nitrogens with zero attached hydrogens (tertiary/aromatic N) is 2. The van der Waals surface area contributed by atoms with E-state index in [9.17, 15) is 9.90 Å².